The van der Waals surface area contributed by atoms with Crippen molar-refractivity contribution >= 4 is 16.6 Å². The summed E-state index contributed by atoms with van der Waals surface area (Å²) in [6, 6.07) is 6.02. The van der Waals surface area contributed by atoms with Gasteiger partial charge in [0.05, 0.1) is 16.8 Å². The first-order valence-electron chi connectivity index (χ1n) is 4.56. The Hall–Kier alpha value is -1.95. The smallest absolute Gasteiger partial charge is 0.101 e. The molecule has 1 heterocycles. The molecule has 1 aromatic heterocycles. The fourth-order valence-corrected chi connectivity index (χ4v) is 1.72. The molecule has 0 fully saturated rings. The van der Waals surface area contributed by atoms with Gasteiger partial charge in [0.15, 0.2) is 0 Å². The van der Waals surface area contributed by atoms with E-state index in [1.54, 1.807) is 6.20 Å². The largest absolute Gasteiger partial charge is 0.397 e. The van der Waals surface area contributed by atoms with E-state index in [2.05, 4.69) is 18.0 Å². The van der Waals surface area contributed by atoms with Gasteiger partial charge in [-0.3, -0.25) is 0 Å². The number of nitriles is 1. The molecule has 0 aliphatic carbocycles. The summed E-state index contributed by atoms with van der Waals surface area (Å²) < 4.78 is 0. The van der Waals surface area contributed by atoms with Gasteiger partial charge >= 0.3 is 0 Å². The summed E-state index contributed by atoms with van der Waals surface area (Å²) in [5.41, 5.74) is 9.21. The number of aryl methyl sites for hydroxylation is 1. The molecule has 0 saturated heterocycles. The second kappa shape index (κ2) is 3.08. The molecular formula is C11H11N3. The second-order valence-corrected chi connectivity index (χ2v) is 3.23. The summed E-state index contributed by atoms with van der Waals surface area (Å²) in [4.78, 5) is 3.03. The lowest BCUT2D eigenvalue weighted by Gasteiger charge is -2.02. The Labute approximate surface area is 82.1 Å². The molecule has 0 amide bonds. The lowest BCUT2D eigenvalue weighted by molar-refractivity contribution is 1.16. The zero-order valence-corrected chi connectivity index (χ0v) is 7.96. The van der Waals surface area contributed by atoms with Gasteiger partial charge in [0, 0.05) is 11.6 Å². The molecule has 3 heteroatoms. The third-order valence-corrected chi connectivity index (χ3v) is 2.46. The maximum Gasteiger partial charge on any atom is 0.101 e. The van der Waals surface area contributed by atoms with Gasteiger partial charge in [-0.05, 0) is 18.1 Å². The van der Waals surface area contributed by atoms with E-state index in [1.807, 2.05) is 12.1 Å². The molecule has 0 radical (unpaired) electrons. The Kier molecular flexibility index (Phi) is 1.90. The third-order valence-electron chi connectivity index (χ3n) is 2.46. The Bertz CT molecular complexity index is 517. The van der Waals surface area contributed by atoms with Crippen LogP contribution < -0.4 is 5.73 Å². The average Bonchev–Trinajstić information content (AvgIpc) is 2.63. The zero-order valence-electron chi connectivity index (χ0n) is 7.96. The van der Waals surface area contributed by atoms with Crippen LogP contribution in [0.2, 0.25) is 0 Å². The van der Waals surface area contributed by atoms with E-state index in [-0.39, 0.29) is 0 Å². The van der Waals surface area contributed by atoms with Gasteiger partial charge in [-0.1, -0.05) is 13.0 Å². The van der Waals surface area contributed by atoms with E-state index in [9.17, 15) is 0 Å². The van der Waals surface area contributed by atoms with Crippen molar-refractivity contribution in [2.75, 3.05) is 5.73 Å². The normalized spacial score (nSPS) is 10.3. The van der Waals surface area contributed by atoms with E-state index in [0.717, 1.165) is 22.9 Å². The summed E-state index contributed by atoms with van der Waals surface area (Å²) in [6.45, 7) is 2.07. The summed E-state index contributed by atoms with van der Waals surface area (Å²) in [5, 5.41) is 9.89. The van der Waals surface area contributed by atoms with Crippen molar-refractivity contribution in [3.05, 3.63) is 29.5 Å². The molecule has 3 N–H and O–H groups in total. The molecule has 2 aromatic rings. The predicted molar refractivity (Wildman–Crippen MR) is 56.8 cm³/mol. The number of rotatable bonds is 1. The summed E-state index contributed by atoms with van der Waals surface area (Å²) in [5.74, 6) is 0. The third kappa shape index (κ3) is 1.05. The average molecular weight is 185 g/mol. The van der Waals surface area contributed by atoms with Crippen molar-refractivity contribution in [2.45, 2.75) is 13.3 Å². The van der Waals surface area contributed by atoms with Crippen LogP contribution in [0.3, 0.4) is 0 Å². The number of nitrogens with two attached hydrogens (primary N) is 1. The summed E-state index contributed by atoms with van der Waals surface area (Å²) in [7, 11) is 0. The molecule has 0 atom stereocenters. The molecule has 0 aliphatic rings. The van der Waals surface area contributed by atoms with Gasteiger partial charge in [0.2, 0.25) is 0 Å². The molecule has 70 valence electrons. The molecule has 3 nitrogen and oxygen atoms in total. The number of benzene rings is 1. The standard InChI is InChI=1S/C11H11N3/c1-2-7-3-4-9(13)11-10(7)8(5-12)6-14-11/h3-4,6,14H,2,13H2,1H3. The minimum Gasteiger partial charge on any atom is -0.397 e. The van der Waals surface area contributed by atoms with Crippen LogP contribution in [0.15, 0.2) is 18.3 Å². The second-order valence-electron chi connectivity index (χ2n) is 3.23. The van der Waals surface area contributed by atoms with E-state index in [4.69, 9.17) is 11.0 Å². The molecule has 1 aromatic carbocycles. The topological polar surface area (TPSA) is 65.6 Å². The van der Waals surface area contributed by atoms with Gasteiger partial charge < -0.3 is 10.7 Å². The number of nitrogens with one attached hydrogen (secondary N) is 1. The number of nitrogen functional groups attached to an aromatic ring is 1. The number of H-pyrrole nitrogens is 1. The van der Waals surface area contributed by atoms with E-state index in [0.29, 0.717) is 11.3 Å². The number of anilines is 1. The number of hydrogen-bond donors (Lipinski definition) is 2. The SMILES string of the molecule is CCc1ccc(N)c2[nH]cc(C#N)c12. The monoisotopic (exact) mass is 185 g/mol. The van der Waals surface area contributed by atoms with E-state index in [1.165, 1.54) is 0 Å². The first-order valence-corrected chi connectivity index (χ1v) is 4.56. The molecule has 0 aliphatic heterocycles. The van der Waals surface area contributed by atoms with Crippen LogP contribution in [-0.2, 0) is 6.42 Å². The highest BCUT2D eigenvalue weighted by molar-refractivity contribution is 5.96. The molecule has 0 unspecified atom stereocenters. The Morgan fingerprint density at radius 2 is 2.29 bits per heavy atom. The highest BCUT2D eigenvalue weighted by Gasteiger charge is 2.09. The number of fused-ring (bicyclic) bond motifs is 1. The minimum absolute atomic E-state index is 0.671. The van der Waals surface area contributed by atoms with Crippen molar-refractivity contribution in [2.24, 2.45) is 0 Å². The molecule has 0 bridgehead atoms. The van der Waals surface area contributed by atoms with E-state index < -0.39 is 0 Å². The zero-order chi connectivity index (χ0) is 10.1. The summed E-state index contributed by atoms with van der Waals surface area (Å²) >= 11 is 0. The number of nitrogens with zero attached hydrogens (tertiary/aromatic N) is 1. The lowest BCUT2D eigenvalue weighted by atomic mass is 10.0. The fourth-order valence-electron chi connectivity index (χ4n) is 1.72. The van der Waals surface area contributed by atoms with Gasteiger partial charge in [0.25, 0.3) is 0 Å². The molecule has 0 spiro atoms. The number of aromatic nitrogens is 1. The minimum atomic E-state index is 0.671. The number of aromatic amines is 1. The first-order chi connectivity index (χ1) is 6.77. The first kappa shape index (κ1) is 8.64. The predicted octanol–water partition coefficient (Wildman–Crippen LogP) is 2.18. The Morgan fingerprint density at radius 1 is 1.50 bits per heavy atom. The molecular weight excluding hydrogens is 174 g/mol. The van der Waals surface area contributed by atoms with Crippen molar-refractivity contribution in [1.82, 2.24) is 4.98 Å². The lowest BCUT2D eigenvalue weighted by Crippen LogP contribution is -1.90. The van der Waals surface area contributed by atoms with Crippen molar-refractivity contribution in [3.63, 3.8) is 0 Å². The number of hydrogen-bond acceptors (Lipinski definition) is 2. The molecule has 0 saturated carbocycles. The van der Waals surface area contributed by atoms with Crippen LogP contribution in [0.4, 0.5) is 5.69 Å². The van der Waals surface area contributed by atoms with Gasteiger partial charge in [-0.15, -0.1) is 0 Å². The van der Waals surface area contributed by atoms with Crippen LogP contribution in [0, 0.1) is 11.3 Å². The van der Waals surface area contributed by atoms with Gasteiger partial charge in [-0.2, -0.15) is 5.26 Å². The highest BCUT2D eigenvalue weighted by atomic mass is 14.7. The Morgan fingerprint density at radius 3 is 2.93 bits per heavy atom. The highest BCUT2D eigenvalue weighted by Crippen LogP contribution is 2.27. The van der Waals surface area contributed by atoms with Gasteiger partial charge in [-0.25, -0.2) is 0 Å². The van der Waals surface area contributed by atoms with Crippen LogP contribution in [0.25, 0.3) is 10.9 Å². The van der Waals surface area contributed by atoms with Gasteiger partial charge in [0.1, 0.15) is 6.07 Å². The Balaban J connectivity index is 2.90. The van der Waals surface area contributed by atoms with Crippen LogP contribution in [0.5, 0.6) is 0 Å². The van der Waals surface area contributed by atoms with Crippen molar-refractivity contribution in [1.29, 1.82) is 5.26 Å². The van der Waals surface area contributed by atoms with Crippen LogP contribution in [0.1, 0.15) is 18.1 Å². The molecule has 14 heavy (non-hydrogen) atoms. The quantitative estimate of drug-likeness (QED) is 0.669. The van der Waals surface area contributed by atoms with E-state index >= 15 is 0 Å². The molecule has 2 rings (SSSR count). The van der Waals surface area contributed by atoms with Crippen molar-refractivity contribution < 1.29 is 0 Å². The maximum absolute atomic E-state index is 8.92. The fraction of sp³-hybridized carbons (Fsp3) is 0.182. The van der Waals surface area contributed by atoms with Crippen molar-refractivity contribution in [3.8, 4) is 6.07 Å². The van der Waals surface area contributed by atoms with Crippen LogP contribution in [-0.4, -0.2) is 4.98 Å². The van der Waals surface area contributed by atoms with Crippen LogP contribution >= 0.6 is 0 Å². The summed E-state index contributed by atoms with van der Waals surface area (Å²) in [6.07, 6.45) is 2.61. The maximum atomic E-state index is 8.92.